The molecule has 102 valence electrons. The Balaban J connectivity index is 2.31. The first-order chi connectivity index (χ1) is 8.00. The maximum absolute atomic E-state index is 10.1. The Hall–Kier alpha value is -0.120. The average molecular weight is 242 g/mol. The average Bonchev–Trinajstić information content (AvgIpc) is 2.28. The third-order valence-corrected chi connectivity index (χ3v) is 3.95. The molecule has 1 fully saturated rings. The molecule has 1 saturated carbocycles. The van der Waals surface area contributed by atoms with Gasteiger partial charge in [0.15, 0.2) is 0 Å². The van der Waals surface area contributed by atoms with Crippen molar-refractivity contribution >= 4 is 0 Å². The maximum Gasteiger partial charge on any atom is 0.0841 e. The smallest absolute Gasteiger partial charge is 0.0841 e. The van der Waals surface area contributed by atoms with E-state index in [1.807, 2.05) is 0 Å². The lowest BCUT2D eigenvalue weighted by Crippen LogP contribution is -2.48. The lowest BCUT2D eigenvalue weighted by molar-refractivity contribution is 0.0938. The van der Waals surface area contributed by atoms with Crippen LogP contribution >= 0.6 is 0 Å². The number of hydrogen-bond donors (Lipinski definition) is 3. The van der Waals surface area contributed by atoms with Crippen LogP contribution in [0, 0.1) is 11.8 Å². The molecule has 0 spiro atoms. The van der Waals surface area contributed by atoms with Crippen molar-refractivity contribution in [2.75, 3.05) is 0 Å². The fourth-order valence-electron chi connectivity index (χ4n) is 2.95. The van der Waals surface area contributed by atoms with Crippen LogP contribution in [0.3, 0.4) is 0 Å². The number of hydrogen-bond acceptors (Lipinski definition) is 3. The molecule has 0 aromatic carbocycles. The van der Waals surface area contributed by atoms with Crippen molar-refractivity contribution in [2.24, 2.45) is 23.3 Å². The highest BCUT2D eigenvalue weighted by atomic mass is 16.3. The molecule has 5 N–H and O–H groups in total. The van der Waals surface area contributed by atoms with Crippen molar-refractivity contribution in [3.8, 4) is 0 Å². The lowest BCUT2D eigenvalue weighted by Gasteiger charge is -2.30. The molecule has 0 radical (unpaired) electrons. The first-order valence-electron chi connectivity index (χ1n) is 7.20. The molecule has 3 atom stereocenters. The summed E-state index contributed by atoms with van der Waals surface area (Å²) in [6.07, 6.45) is 7.81. The van der Waals surface area contributed by atoms with E-state index in [4.69, 9.17) is 11.5 Å². The highest BCUT2D eigenvalue weighted by Crippen LogP contribution is 2.27. The molecule has 0 saturated heterocycles. The van der Waals surface area contributed by atoms with Gasteiger partial charge in [0.2, 0.25) is 0 Å². The van der Waals surface area contributed by atoms with E-state index in [0.29, 0.717) is 11.8 Å². The minimum atomic E-state index is -0.542. The van der Waals surface area contributed by atoms with E-state index in [1.165, 1.54) is 32.1 Å². The van der Waals surface area contributed by atoms with E-state index in [9.17, 15) is 5.11 Å². The lowest BCUT2D eigenvalue weighted by atomic mass is 9.82. The van der Waals surface area contributed by atoms with Gasteiger partial charge in [0.25, 0.3) is 0 Å². The number of aliphatic hydroxyl groups excluding tert-OH is 1. The van der Waals surface area contributed by atoms with E-state index in [0.717, 1.165) is 12.8 Å². The zero-order valence-electron chi connectivity index (χ0n) is 11.4. The third kappa shape index (κ3) is 5.36. The summed E-state index contributed by atoms with van der Waals surface area (Å²) in [6, 6.07) is -0.319. The molecule has 0 amide bonds. The fraction of sp³-hybridized carbons (Fsp3) is 1.00. The predicted octanol–water partition coefficient (Wildman–Crippen LogP) is 2.02. The van der Waals surface area contributed by atoms with Crippen molar-refractivity contribution in [3.05, 3.63) is 0 Å². The Morgan fingerprint density at radius 3 is 2.18 bits per heavy atom. The molecule has 1 rings (SSSR count). The Kier molecular flexibility index (Phi) is 6.45. The van der Waals surface area contributed by atoms with Crippen LogP contribution in [-0.4, -0.2) is 23.3 Å². The number of rotatable bonds is 6. The Morgan fingerprint density at radius 2 is 1.65 bits per heavy atom. The minimum Gasteiger partial charge on any atom is -0.390 e. The zero-order chi connectivity index (χ0) is 12.8. The maximum atomic E-state index is 10.1. The number of nitrogens with two attached hydrogens (primary N) is 2. The zero-order valence-corrected chi connectivity index (χ0v) is 11.4. The quantitative estimate of drug-likeness (QED) is 0.667. The molecule has 0 unspecified atom stereocenters. The highest BCUT2D eigenvalue weighted by molar-refractivity contribution is 4.84. The van der Waals surface area contributed by atoms with Gasteiger partial charge >= 0.3 is 0 Å². The summed E-state index contributed by atoms with van der Waals surface area (Å²) in [5.74, 6) is 1.22. The molecule has 17 heavy (non-hydrogen) atoms. The second kappa shape index (κ2) is 7.34. The van der Waals surface area contributed by atoms with Gasteiger partial charge in [0.1, 0.15) is 0 Å². The standard InChI is InChI=1S/C14H30N2O/c1-10(2)8-12(15)14(17)13(16)9-11-6-4-3-5-7-11/h10-14,17H,3-9,15-16H2,1-2H3/t12-,13-,14+/m0/s1. The molecule has 0 bridgehead atoms. The highest BCUT2D eigenvalue weighted by Gasteiger charge is 2.26. The van der Waals surface area contributed by atoms with Gasteiger partial charge in [-0.3, -0.25) is 0 Å². The topological polar surface area (TPSA) is 72.3 Å². The van der Waals surface area contributed by atoms with Gasteiger partial charge in [-0.2, -0.15) is 0 Å². The van der Waals surface area contributed by atoms with E-state index < -0.39 is 6.10 Å². The van der Waals surface area contributed by atoms with Gasteiger partial charge in [-0.15, -0.1) is 0 Å². The van der Waals surface area contributed by atoms with Crippen LogP contribution in [0.4, 0.5) is 0 Å². The summed E-state index contributed by atoms with van der Waals surface area (Å²) >= 11 is 0. The van der Waals surface area contributed by atoms with Crippen molar-refractivity contribution in [3.63, 3.8) is 0 Å². The van der Waals surface area contributed by atoms with Crippen LogP contribution in [0.25, 0.3) is 0 Å². The molecule has 1 aliphatic rings. The van der Waals surface area contributed by atoms with E-state index >= 15 is 0 Å². The fourth-order valence-corrected chi connectivity index (χ4v) is 2.95. The molecular weight excluding hydrogens is 212 g/mol. The summed E-state index contributed by atoms with van der Waals surface area (Å²) < 4.78 is 0. The van der Waals surface area contributed by atoms with Gasteiger partial charge in [0.05, 0.1) is 6.10 Å². The first-order valence-corrected chi connectivity index (χ1v) is 7.20. The molecule has 3 nitrogen and oxygen atoms in total. The summed E-state index contributed by atoms with van der Waals surface area (Å²) in [7, 11) is 0. The molecule has 1 aliphatic carbocycles. The predicted molar refractivity (Wildman–Crippen MR) is 72.6 cm³/mol. The summed E-state index contributed by atoms with van der Waals surface area (Å²) in [5, 5.41) is 10.1. The van der Waals surface area contributed by atoms with Gasteiger partial charge in [0, 0.05) is 12.1 Å². The van der Waals surface area contributed by atoms with Crippen LogP contribution in [-0.2, 0) is 0 Å². The largest absolute Gasteiger partial charge is 0.390 e. The van der Waals surface area contributed by atoms with E-state index in [2.05, 4.69) is 13.8 Å². The summed E-state index contributed by atoms with van der Waals surface area (Å²) in [4.78, 5) is 0. The molecule has 3 heteroatoms. The molecule has 0 heterocycles. The molecule has 0 aliphatic heterocycles. The third-order valence-electron chi connectivity index (χ3n) is 3.95. The normalized spacial score (nSPS) is 23.6. The van der Waals surface area contributed by atoms with Crippen LogP contribution in [0.1, 0.15) is 58.8 Å². The second-order valence-electron chi connectivity index (χ2n) is 6.19. The minimum absolute atomic E-state index is 0.146. The van der Waals surface area contributed by atoms with Gasteiger partial charge in [-0.1, -0.05) is 46.0 Å². The van der Waals surface area contributed by atoms with Crippen molar-refractivity contribution in [1.82, 2.24) is 0 Å². The molecule has 0 aromatic heterocycles. The molecule has 0 aromatic rings. The monoisotopic (exact) mass is 242 g/mol. The van der Waals surface area contributed by atoms with E-state index in [1.54, 1.807) is 0 Å². The Bertz CT molecular complexity index is 202. The van der Waals surface area contributed by atoms with Crippen LogP contribution < -0.4 is 11.5 Å². The van der Waals surface area contributed by atoms with Crippen molar-refractivity contribution in [1.29, 1.82) is 0 Å². The van der Waals surface area contributed by atoms with Crippen LogP contribution in [0.15, 0.2) is 0 Å². The number of aliphatic hydroxyl groups is 1. The summed E-state index contributed by atoms with van der Waals surface area (Å²) in [6.45, 7) is 4.25. The Labute approximate surface area is 106 Å². The van der Waals surface area contributed by atoms with Gasteiger partial charge in [-0.05, 0) is 24.7 Å². The molecular formula is C14H30N2O. The SMILES string of the molecule is CC(C)C[C@H](N)[C@@H](O)[C@@H](N)CC1CCCCC1. The Morgan fingerprint density at radius 1 is 1.06 bits per heavy atom. The van der Waals surface area contributed by atoms with Gasteiger partial charge < -0.3 is 16.6 Å². The first kappa shape index (κ1) is 14.9. The van der Waals surface area contributed by atoms with Crippen LogP contribution in [0.2, 0.25) is 0 Å². The second-order valence-corrected chi connectivity index (χ2v) is 6.19. The van der Waals surface area contributed by atoms with Crippen LogP contribution in [0.5, 0.6) is 0 Å². The van der Waals surface area contributed by atoms with E-state index in [-0.39, 0.29) is 12.1 Å². The van der Waals surface area contributed by atoms with Crippen molar-refractivity contribution in [2.45, 2.75) is 77.0 Å². The van der Waals surface area contributed by atoms with Crippen molar-refractivity contribution < 1.29 is 5.11 Å². The summed E-state index contributed by atoms with van der Waals surface area (Å²) in [5.41, 5.74) is 12.1. The van der Waals surface area contributed by atoms with Gasteiger partial charge in [-0.25, -0.2) is 0 Å².